The van der Waals surface area contributed by atoms with E-state index in [9.17, 15) is 0 Å². The Morgan fingerprint density at radius 3 is 2.87 bits per heavy atom. The van der Waals surface area contributed by atoms with E-state index in [2.05, 4.69) is 22.9 Å². The first-order chi connectivity index (χ1) is 7.24. The summed E-state index contributed by atoms with van der Waals surface area (Å²) < 4.78 is 6.47. The number of halogens is 1. The zero-order valence-corrected chi connectivity index (χ0v) is 11.2. The molecule has 84 valence electrons. The quantitative estimate of drug-likeness (QED) is 0.494. The van der Waals surface area contributed by atoms with Crippen LogP contribution in [-0.2, 0) is 4.74 Å². The van der Waals surface area contributed by atoms with E-state index in [0.717, 1.165) is 35.5 Å². The third-order valence-electron chi connectivity index (χ3n) is 1.79. The third kappa shape index (κ3) is 4.91. The Morgan fingerprint density at radius 2 is 2.20 bits per heavy atom. The monoisotopic (exact) mass is 289 g/mol. The number of rotatable bonds is 6. The molecule has 1 aromatic rings. The topological polar surface area (TPSA) is 35.2 Å². The van der Waals surface area contributed by atoms with Gasteiger partial charge in [-0.3, -0.25) is 0 Å². The minimum absolute atomic E-state index is 0.786. The molecule has 2 nitrogen and oxygen atoms in total. The predicted molar refractivity (Wildman–Crippen MR) is 70.4 cm³/mol. The van der Waals surface area contributed by atoms with Crippen molar-refractivity contribution in [1.82, 2.24) is 0 Å². The van der Waals surface area contributed by atoms with Crippen LogP contribution in [0.15, 0.2) is 27.6 Å². The zero-order valence-electron chi connectivity index (χ0n) is 8.83. The van der Waals surface area contributed by atoms with Gasteiger partial charge in [-0.05, 0) is 40.5 Å². The molecule has 0 unspecified atom stereocenters. The van der Waals surface area contributed by atoms with Crippen molar-refractivity contribution in [3.8, 4) is 0 Å². The van der Waals surface area contributed by atoms with Gasteiger partial charge in [-0.15, -0.1) is 11.8 Å². The Kier molecular flexibility index (Phi) is 6.13. The average Bonchev–Trinajstić information content (AvgIpc) is 2.20. The van der Waals surface area contributed by atoms with Crippen LogP contribution in [0, 0.1) is 0 Å². The summed E-state index contributed by atoms with van der Waals surface area (Å²) >= 11 is 5.27. The highest BCUT2D eigenvalue weighted by Crippen LogP contribution is 2.28. The van der Waals surface area contributed by atoms with Crippen LogP contribution in [0.2, 0.25) is 0 Å². The lowest BCUT2D eigenvalue weighted by molar-refractivity contribution is 0.151. The van der Waals surface area contributed by atoms with Crippen LogP contribution < -0.4 is 5.73 Å². The Labute approximate surface area is 104 Å². The number of ether oxygens (including phenoxy) is 1. The van der Waals surface area contributed by atoms with E-state index in [1.54, 1.807) is 11.8 Å². The molecular formula is C11H16BrNOS. The number of hydrogen-bond donors (Lipinski definition) is 1. The van der Waals surface area contributed by atoms with Crippen molar-refractivity contribution in [2.45, 2.75) is 18.2 Å². The van der Waals surface area contributed by atoms with Gasteiger partial charge in [0.05, 0.1) is 6.61 Å². The highest BCUT2D eigenvalue weighted by molar-refractivity contribution is 9.10. The van der Waals surface area contributed by atoms with Crippen LogP contribution in [0.5, 0.6) is 0 Å². The highest BCUT2D eigenvalue weighted by atomic mass is 79.9. The van der Waals surface area contributed by atoms with E-state index < -0.39 is 0 Å². The van der Waals surface area contributed by atoms with Crippen LogP contribution >= 0.6 is 27.7 Å². The molecule has 0 aliphatic rings. The summed E-state index contributed by atoms with van der Waals surface area (Å²) in [6.45, 7) is 3.77. The van der Waals surface area contributed by atoms with Crippen LogP contribution in [0.4, 0.5) is 5.69 Å². The van der Waals surface area contributed by atoms with E-state index in [1.807, 2.05) is 18.2 Å². The first-order valence-electron chi connectivity index (χ1n) is 4.99. The Bertz CT molecular complexity index is 307. The van der Waals surface area contributed by atoms with Crippen molar-refractivity contribution in [3.05, 3.63) is 22.7 Å². The summed E-state index contributed by atoms with van der Waals surface area (Å²) in [6, 6.07) is 5.87. The molecule has 0 heterocycles. The molecule has 15 heavy (non-hydrogen) atoms. The third-order valence-corrected chi connectivity index (χ3v) is 3.75. The predicted octanol–water partition coefficient (Wildman–Crippen LogP) is 3.55. The molecule has 0 radical (unpaired) electrons. The van der Waals surface area contributed by atoms with Gasteiger partial charge >= 0.3 is 0 Å². The van der Waals surface area contributed by atoms with Crippen molar-refractivity contribution in [2.24, 2.45) is 0 Å². The molecule has 0 aliphatic heterocycles. The van der Waals surface area contributed by atoms with Crippen molar-refractivity contribution in [1.29, 1.82) is 0 Å². The normalized spacial score (nSPS) is 10.5. The van der Waals surface area contributed by atoms with Crippen LogP contribution in [0.3, 0.4) is 0 Å². The van der Waals surface area contributed by atoms with Gasteiger partial charge in [-0.2, -0.15) is 0 Å². The number of nitrogen functional groups attached to an aromatic ring is 1. The number of nitrogens with two attached hydrogens (primary N) is 1. The smallest absolute Gasteiger partial charge is 0.0560 e. The van der Waals surface area contributed by atoms with Crippen molar-refractivity contribution in [3.63, 3.8) is 0 Å². The Balaban J connectivity index is 2.31. The van der Waals surface area contributed by atoms with Gasteiger partial charge in [0.1, 0.15) is 0 Å². The van der Waals surface area contributed by atoms with Crippen LogP contribution in [-0.4, -0.2) is 19.0 Å². The van der Waals surface area contributed by atoms with E-state index >= 15 is 0 Å². The maximum absolute atomic E-state index is 5.66. The lowest BCUT2D eigenvalue weighted by Gasteiger charge is -2.05. The van der Waals surface area contributed by atoms with Gasteiger partial charge in [0.25, 0.3) is 0 Å². The van der Waals surface area contributed by atoms with Gasteiger partial charge in [0.2, 0.25) is 0 Å². The molecule has 0 saturated carbocycles. The van der Waals surface area contributed by atoms with Crippen molar-refractivity contribution >= 4 is 33.4 Å². The molecular weight excluding hydrogens is 274 g/mol. The fraction of sp³-hybridized carbons (Fsp3) is 0.455. The second-order valence-corrected chi connectivity index (χ2v) is 5.14. The standard InChI is InChI=1S/C11H16BrNOS/c1-2-5-14-6-7-15-11-4-3-9(13)8-10(11)12/h3-4,8H,2,5-7,13H2,1H3. The van der Waals surface area contributed by atoms with Crippen LogP contribution in [0.25, 0.3) is 0 Å². The molecule has 0 aliphatic carbocycles. The number of benzene rings is 1. The number of hydrogen-bond acceptors (Lipinski definition) is 3. The second-order valence-electron chi connectivity index (χ2n) is 3.15. The second kappa shape index (κ2) is 7.14. The molecule has 4 heteroatoms. The van der Waals surface area contributed by atoms with E-state index in [-0.39, 0.29) is 0 Å². The maximum Gasteiger partial charge on any atom is 0.0560 e. The zero-order chi connectivity index (χ0) is 11.1. The van der Waals surface area contributed by atoms with E-state index in [1.165, 1.54) is 4.90 Å². The Hall–Kier alpha value is -0.190. The molecule has 1 aromatic carbocycles. The molecule has 0 spiro atoms. The minimum atomic E-state index is 0.786. The molecule has 2 N–H and O–H groups in total. The van der Waals surface area contributed by atoms with E-state index in [4.69, 9.17) is 10.5 Å². The summed E-state index contributed by atoms with van der Waals surface area (Å²) in [5.41, 5.74) is 6.44. The van der Waals surface area contributed by atoms with Crippen molar-refractivity contribution in [2.75, 3.05) is 24.7 Å². The number of thioether (sulfide) groups is 1. The SMILES string of the molecule is CCCOCCSc1ccc(N)cc1Br. The van der Waals surface area contributed by atoms with Crippen molar-refractivity contribution < 1.29 is 4.74 Å². The summed E-state index contributed by atoms with van der Waals surface area (Å²) in [4.78, 5) is 1.21. The van der Waals surface area contributed by atoms with Gasteiger partial charge in [-0.25, -0.2) is 0 Å². The van der Waals surface area contributed by atoms with Gasteiger partial charge in [0, 0.05) is 27.4 Å². The molecule has 0 fully saturated rings. The molecule has 1 rings (SSSR count). The maximum atomic E-state index is 5.66. The molecule has 0 bridgehead atoms. The van der Waals surface area contributed by atoms with Gasteiger partial charge < -0.3 is 10.5 Å². The summed E-state index contributed by atoms with van der Waals surface area (Å²) in [6.07, 6.45) is 1.08. The van der Waals surface area contributed by atoms with Crippen LogP contribution in [0.1, 0.15) is 13.3 Å². The van der Waals surface area contributed by atoms with Gasteiger partial charge in [0.15, 0.2) is 0 Å². The lowest BCUT2D eigenvalue weighted by Crippen LogP contribution is -1.98. The average molecular weight is 290 g/mol. The summed E-state index contributed by atoms with van der Waals surface area (Å²) in [5.74, 6) is 0.975. The van der Waals surface area contributed by atoms with E-state index in [0.29, 0.717) is 0 Å². The fourth-order valence-electron chi connectivity index (χ4n) is 1.09. The molecule has 0 aromatic heterocycles. The number of anilines is 1. The molecule has 0 atom stereocenters. The lowest BCUT2D eigenvalue weighted by atomic mass is 10.3. The largest absolute Gasteiger partial charge is 0.399 e. The Morgan fingerprint density at radius 1 is 1.40 bits per heavy atom. The van der Waals surface area contributed by atoms with Gasteiger partial charge in [-0.1, -0.05) is 6.92 Å². The highest BCUT2D eigenvalue weighted by Gasteiger charge is 2.00. The minimum Gasteiger partial charge on any atom is -0.399 e. The first-order valence-corrected chi connectivity index (χ1v) is 6.77. The molecule has 0 amide bonds. The first kappa shape index (κ1) is 12.9. The summed E-state index contributed by atoms with van der Waals surface area (Å²) in [7, 11) is 0. The molecule has 0 saturated heterocycles. The fourth-order valence-corrected chi connectivity index (χ4v) is 2.61. The summed E-state index contributed by atoms with van der Waals surface area (Å²) in [5, 5.41) is 0.